The maximum absolute atomic E-state index is 11.8. The molecule has 1 aliphatic carbocycles. The van der Waals surface area contributed by atoms with Crippen LogP contribution in [0, 0.1) is 5.92 Å². The van der Waals surface area contributed by atoms with Gasteiger partial charge in [-0.05, 0) is 0 Å². The summed E-state index contributed by atoms with van der Waals surface area (Å²) in [5.74, 6) is 0.335. The fourth-order valence-corrected chi connectivity index (χ4v) is 14.6. The second-order valence-corrected chi connectivity index (χ2v) is 13.0. The van der Waals surface area contributed by atoms with Crippen molar-refractivity contribution in [2.24, 2.45) is 5.92 Å². The van der Waals surface area contributed by atoms with E-state index in [2.05, 4.69) is 41.3 Å². The topological polar surface area (TPSA) is 46.2 Å². The first-order chi connectivity index (χ1) is 8.86. The van der Waals surface area contributed by atoms with E-state index in [0.29, 0.717) is 5.92 Å². The molecule has 0 aromatic heterocycles. The van der Waals surface area contributed by atoms with Crippen LogP contribution in [0.5, 0.6) is 0 Å². The van der Waals surface area contributed by atoms with Crippen LogP contribution in [-0.4, -0.2) is 14.7 Å². The molecule has 0 fully saturated rings. The monoisotopic (exact) mass is 381 g/mol. The van der Waals surface area contributed by atoms with Crippen molar-refractivity contribution in [1.29, 1.82) is 0 Å². The van der Waals surface area contributed by atoms with Crippen LogP contribution in [0.25, 0.3) is 0 Å². The zero-order chi connectivity index (χ0) is 13.8. The summed E-state index contributed by atoms with van der Waals surface area (Å²) in [6.45, 7) is 4.24. The molecule has 1 aromatic carbocycles. The zero-order valence-electron chi connectivity index (χ0n) is 12.0. The fourth-order valence-electron chi connectivity index (χ4n) is 3.26. The van der Waals surface area contributed by atoms with E-state index in [0.717, 1.165) is 0 Å². The summed E-state index contributed by atoms with van der Waals surface area (Å²) in [5, 5.41) is 0. The molecule has 1 atom stereocenters. The van der Waals surface area contributed by atoms with E-state index in [1.807, 2.05) is 12.1 Å². The first-order valence-corrected chi connectivity index (χ1v) is 11.4. The minimum atomic E-state index is -3.20. The average Bonchev–Trinajstić information content (AvgIpc) is 2.79. The zero-order valence-corrected chi connectivity index (χ0v) is 15.9. The van der Waals surface area contributed by atoms with E-state index in [9.17, 15) is 8.42 Å². The van der Waals surface area contributed by atoms with Gasteiger partial charge < -0.3 is 24.8 Å². The number of hydrogen-bond donors (Lipinski definition) is 1. The van der Waals surface area contributed by atoms with E-state index < -0.39 is 26.9 Å². The largest absolute Gasteiger partial charge is 1.00 e. The van der Waals surface area contributed by atoms with Crippen LogP contribution in [0.15, 0.2) is 45.9 Å². The van der Waals surface area contributed by atoms with Crippen molar-refractivity contribution in [3.05, 3.63) is 45.9 Å². The van der Waals surface area contributed by atoms with Gasteiger partial charge in [-0.3, -0.25) is 0 Å². The van der Waals surface area contributed by atoms with Crippen molar-refractivity contribution >= 4 is 17.8 Å². The normalized spacial score (nSPS) is 19.9. The van der Waals surface area contributed by atoms with Gasteiger partial charge in [0.25, 0.3) is 0 Å². The standard InChI is InChI=1S/C7H9.C6H4.CH4NO2S.2ClH.Ti/c1-6-3-4-7(2)5-6;1-2-4-6-5-3-1;1-5(2,3)4;;;/h3-4,6H,1-2H3;1-4H;1H3,(H-,2,3,4);2*1H;/q;;-1;;;+3/p-2. The van der Waals surface area contributed by atoms with Gasteiger partial charge >= 0.3 is 118 Å². The van der Waals surface area contributed by atoms with Crippen molar-refractivity contribution in [3.63, 3.8) is 0 Å². The Bertz CT molecular complexity index is 705. The first kappa shape index (κ1) is 19.0. The molecule has 3 rings (SSSR count). The number of rotatable bonds is 3. The Hall–Kier alpha value is -0.0957. The minimum Gasteiger partial charge on any atom is -1.00 e. The number of hydrogen-bond acceptors (Lipinski definition) is 2. The van der Waals surface area contributed by atoms with Gasteiger partial charge in [-0.15, -0.1) is 0 Å². The third kappa shape index (κ3) is 3.03. The summed E-state index contributed by atoms with van der Waals surface area (Å²) >= 11 is -2.95. The van der Waals surface area contributed by atoms with Crippen LogP contribution in [0.2, 0.25) is 0 Å². The third-order valence-corrected chi connectivity index (χ3v) is 13.9. The van der Waals surface area contributed by atoms with Crippen molar-refractivity contribution < 1.29 is 50.1 Å². The van der Waals surface area contributed by atoms with Crippen LogP contribution < -0.4 is 35.8 Å². The van der Waals surface area contributed by atoms with E-state index >= 15 is 0 Å². The SMILES string of the molecule is CC1=[C]([Ti+2]2([NH]S(C)(=O)=O)[c]3cccc[c]32)C(C)C=C1.[Cl-].[Cl-]. The van der Waals surface area contributed by atoms with Gasteiger partial charge in [0, 0.05) is 0 Å². The molecular weight excluding hydrogens is 365 g/mol. The summed E-state index contributed by atoms with van der Waals surface area (Å²) in [5.41, 5.74) is 1.24. The van der Waals surface area contributed by atoms with Crippen LogP contribution in [-0.2, 0) is 26.9 Å². The third-order valence-electron chi connectivity index (χ3n) is 3.93. The van der Waals surface area contributed by atoms with Gasteiger partial charge in [-0.25, -0.2) is 0 Å². The van der Waals surface area contributed by atoms with Gasteiger partial charge in [0.1, 0.15) is 0 Å². The molecule has 114 valence electrons. The van der Waals surface area contributed by atoms with Crippen LogP contribution in [0.1, 0.15) is 13.8 Å². The molecule has 0 saturated carbocycles. The first-order valence-electron chi connectivity index (χ1n) is 6.34. The molecule has 1 aromatic rings. The average molecular weight is 382 g/mol. The van der Waals surface area contributed by atoms with Crippen molar-refractivity contribution in [3.8, 4) is 0 Å². The molecule has 1 heterocycles. The maximum atomic E-state index is 11.8. The van der Waals surface area contributed by atoms with Gasteiger partial charge in [0.15, 0.2) is 0 Å². The Morgan fingerprint density at radius 2 is 1.67 bits per heavy atom. The Labute approximate surface area is 142 Å². The Morgan fingerprint density at radius 3 is 2.05 bits per heavy atom. The molecular formula is C14H17Cl2NO2STi. The second-order valence-electron chi connectivity index (χ2n) is 5.41. The molecule has 1 N–H and O–H groups in total. The van der Waals surface area contributed by atoms with Gasteiger partial charge in [0.05, 0.1) is 0 Å². The van der Waals surface area contributed by atoms with Crippen molar-refractivity contribution in [1.82, 2.24) is 3.20 Å². The van der Waals surface area contributed by atoms with E-state index in [-0.39, 0.29) is 24.8 Å². The summed E-state index contributed by atoms with van der Waals surface area (Å²) in [6.07, 6.45) is 5.55. The molecule has 0 spiro atoms. The number of allylic oxidation sites excluding steroid dienone is 4. The van der Waals surface area contributed by atoms with E-state index in [1.54, 1.807) is 0 Å². The van der Waals surface area contributed by atoms with Crippen LogP contribution in [0.3, 0.4) is 0 Å². The van der Waals surface area contributed by atoms with Gasteiger partial charge in [-0.2, -0.15) is 0 Å². The number of halogens is 2. The maximum Gasteiger partial charge on any atom is -1.00 e. The molecule has 1 unspecified atom stereocenters. The van der Waals surface area contributed by atoms with Crippen molar-refractivity contribution in [2.45, 2.75) is 13.8 Å². The number of sulfonamides is 1. The quantitative estimate of drug-likeness (QED) is 0.533. The summed E-state index contributed by atoms with van der Waals surface area (Å²) in [7, 11) is -3.20. The van der Waals surface area contributed by atoms with Crippen LogP contribution >= 0.6 is 0 Å². The molecule has 0 bridgehead atoms. The fraction of sp³-hybridized carbons (Fsp3) is 0.286. The molecule has 7 heteroatoms. The molecule has 0 amide bonds. The predicted molar refractivity (Wildman–Crippen MR) is 74.7 cm³/mol. The number of nitrogens with one attached hydrogen (secondary N) is 1. The number of benzene rings is 1. The predicted octanol–water partition coefficient (Wildman–Crippen LogP) is -4.94. The second kappa shape index (κ2) is 6.19. The Balaban J connectivity index is 0.00000110. The Morgan fingerprint density at radius 1 is 1.14 bits per heavy atom. The smallest absolute Gasteiger partial charge is 1.00 e. The summed E-state index contributed by atoms with van der Waals surface area (Å²) in [6, 6.07) is 8.16. The van der Waals surface area contributed by atoms with E-state index in [4.69, 9.17) is 0 Å². The molecule has 1 aliphatic heterocycles. The molecule has 2 aliphatic rings. The van der Waals surface area contributed by atoms with Gasteiger partial charge in [0.2, 0.25) is 0 Å². The minimum absolute atomic E-state index is 0. The molecule has 0 saturated heterocycles. The van der Waals surface area contributed by atoms with Crippen LogP contribution in [0.4, 0.5) is 0 Å². The molecule has 3 nitrogen and oxygen atoms in total. The summed E-state index contributed by atoms with van der Waals surface area (Å²) < 4.78 is 30.5. The summed E-state index contributed by atoms with van der Waals surface area (Å²) in [4.78, 5) is 0. The van der Waals surface area contributed by atoms with Gasteiger partial charge in [-0.1, -0.05) is 0 Å². The molecule has 0 radical (unpaired) electrons. The molecule has 21 heavy (non-hydrogen) atoms. The van der Waals surface area contributed by atoms with E-state index in [1.165, 1.54) is 23.4 Å². The van der Waals surface area contributed by atoms with Crippen molar-refractivity contribution in [2.75, 3.05) is 6.26 Å². The Kier molecular flexibility index (Phi) is 5.58. The number of fused-ring (bicyclic) bond motifs is 1.